The van der Waals surface area contributed by atoms with E-state index in [1.54, 1.807) is 11.1 Å². The Balaban J connectivity index is 2.50. The Labute approximate surface area is 138 Å². The van der Waals surface area contributed by atoms with E-state index in [0.717, 1.165) is 12.0 Å². The number of hydrogen-bond donors (Lipinski definition) is 1. The molecule has 0 aliphatic carbocycles. The number of pyridine rings is 1. The molecule has 1 aromatic heterocycles. The van der Waals surface area contributed by atoms with Crippen molar-refractivity contribution in [2.24, 2.45) is 0 Å². The van der Waals surface area contributed by atoms with Gasteiger partial charge in [0.05, 0.1) is 6.20 Å². The van der Waals surface area contributed by atoms with E-state index in [9.17, 15) is 9.18 Å². The maximum atomic E-state index is 13.2. The van der Waals surface area contributed by atoms with Crippen molar-refractivity contribution >= 4 is 6.09 Å². The lowest BCUT2D eigenvalue weighted by Crippen LogP contribution is -2.41. The summed E-state index contributed by atoms with van der Waals surface area (Å²) in [4.78, 5) is 17.7. The second-order valence-electron chi connectivity index (χ2n) is 6.58. The highest BCUT2D eigenvalue weighted by molar-refractivity contribution is 5.68. The molecule has 6 heteroatoms. The first-order valence-electron chi connectivity index (χ1n) is 8.04. The van der Waals surface area contributed by atoms with Gasteiger partial charge in [0.1, 0.15) is 11.4 Å². The number of halogens is 1. The number of aromatic nitrogens is 1. The van der Waals surface area contributed by atoms with Gasteiger partial charge in [0.2, 0.25) is 0 Å². The van der Waals surface area contributed by atoms with Crippen LogP contribution in [0.1, 0.15) is 52.6 Å². The van der Waals surface area contributed by atoms with Crippen LogP contribution in [-0.4, -0.2) is 41.2 Å². The van der Waals surface area contributed by atoms with Gasteiger partial charge >= 0.3 is 6.09 Å². The Bertz CT molecular complexity index is 503. The van der Waals surface area contributed by atoms with Gasteiger partial charge in [-0.1, -0.05) is 6.92 Å². The van der Waals surface area contributed by atoms with E-state index in [1.165, 1.54) is 12.3 Å². The monoisotopic (exact) mass is 325 g/mol. The molecule has 0 fully saturated rings. The van der Waals surface area contributed by atoms with Crippen LogP contribution in [0.25, 0.3) is 0 Å². The van der Waals surface area contributed by atoms with Gasteiger partial charge in [-0.05, 0) is 45.7 Å². The Kier molecular flexibility index (Phi) is 7.42. The van der Waals surface area contributed by atoms with Gasteiger partial charge in [-0.2, -0.15) is 0 Å². The molecule has 23 heavy (non-hydrogen) atoms. The lowest BCUT2D eigenvalue weighted by molar-refractivity contribution is 0.0251. The van der Waals surface area contributed by atoms with E-state index >= 15 is 0 Å². The summed E-state index contributed by atoms with van der Waals surface area (Å²) in [6.45, 7) is 11.3. The third-order valence-corrected chi connectivity index (χ3v) is 3.20. The predicted molar refractivity (Wildman–Crippen MR) is 88.7 cm³/mol. The van der Waals surface area contributed by atoms with Gasteiger partial charge in [0, 0.05) is 31.9 Å². The molecule has 0 bridgehead atoms. The number of ether oxygens (including phenoxy) is 1. The van der Waals surface area contributed by atoms with Gasteiger partial charge in [-0.25, -0.2) is 9.18 Å². The van der Waals surface area contributed by atoms with Gasteiger partial charge in [0.15, 0.2) is 0 Å². The first kappa shape index (κ1) is 19.4. The topological polar surface area (TPSA) is 54.5 Å². The van der Waals surface area contributed by atoms with Crippen LogP contribution >= 0.6 is 0 Å². The molecule has 0 aliphatic heterocycles. The molecule has 0 aromatic carbocycles. The summed E-state index contributed by atoms with van der Waals surface area (Å²) in [6, 6.07) is 1.42. The first-order valence-corrected chi connectivity index (χ1v) is 8.04. The maximum Gasteiger partial charge on any atom is 0.410 e. The zero-order chi connectivity index (χ0) is 17.5. The molecule has 1 amide bonds. The summed E-state index contributed by atoms with van der Waals surface area (Å²) in [6.07, 6.45) is 3.38. The third kappa shape index (κ3) is 7.41. The Morgan fingerprint density at radius 3 is 2.65 bits per heavy atom. The molecule has 1 atom stereocenters. The minimum atomic E-state index is -0.503. The highest BCUT2D eigenvalue weighted by Crippen LogP contribution is 2.12. The molecule has 0 aliphatic rings. The van der Waals surface area contributed by atoms with E-state index in [1.807, 2.05) is 34.6 Å². The molecular weight excluding hydrogens is 297 g/mol. The molecule has 1 rings (SSSR count). The SMILES string of the molecule is CCCN(CCNC(C)c1cncc(F)c1)C(=O)OC(C)(C)C. The Hall–Kier alpha value is -1.69. The van der Waals surface area contributed by atoms with Crippen LogP contribution < -0.4 is 5.32 Å². The Morgan fingerprint density at radius 1 is 1.39 bits per heavy atom. The van der Waals surface area contributed by atoms with E-state index in [0.29, 0.717) is 19.6 Å². The van der Waals surface area contributed by atoms with Crippen molar-refractivity contribution in [3.05, 3.63) is 29.8 Å². The molecule has 1 unspecified atom stereocenters. The Morgan fingerprint density at radius 2 is 2.09 bits per heavy atom. The quantitative estimate of drug-likeness (QED) is 0.833. The smallest absolute Gasteiger partial charge is 0.410 e. The summed E-state index contributed by atoms with van der Waals surface area (Å²) in [5, 5.41) is 3.28. The summed E-state index contributed by atoms with van der Waals surface area (Å²) >= 11 is 0. The number of amides is 1. The standard InChI is InChI=1S/C17H28FN3O2/c1-6-8-21(16(22)23-17(3,4)5)9-7-20-13(2)14-10-15(18)12-19-11-14/h10-13,20H,6-9H2,1-5H3. The van der Waals surface area contributed by atoms with Crippen LogP contribution in [0.4, 0.5) is 9.18 Å². The molecule has 0 saturated heterocycles. The second-order valence-corrected chi connectivity index (χ2v) is 6.58. The fourth-order valence-electron chi connectivity index (χ4n) is 2.09. The largest absolute Gasteiger partial charge is 0.444 e. The summed E-state index contributed by atoms with van der Waals surface area (Å²) in [5.41, 5.74) is 0.279. The normalized spacial score (nSPS) is 12.8. The predicted octanol–water partition coefficient (Wildman–Crippen LogP) is 3.52. The van der Waals surface area contributed by atoms with Gasteiger partial charge in [-0.3, -0.25) is 4.98 Å². The number of nitrogens with one attached hydrogen (secondary N) is 1. The van der Waals surface area contributed by atoms with Crippen molar-refractivity contribution in [3.63, 3.8) is 0 Å². The van der Waals surface area contributed by atoms with Crippen LogP contribution in [-0.2, 0) is 4.74 Å². The van der Waals surface area contributed by atoms with E-state index < -0.39 is 5.60 Å². The van der Waals surface area contributed by atoms with Crippen molar-refractivity contribution in [2.45, 2.75) is 52.7 Å². The zero-order valence-electron chi connectivity index (χ0n) is 14.7. The van der Waals surface area contributed by atoms with E-state index in [2.05, 4.69) is 10.3 Å². The fourth-order valence-corrected chi connectivity index (χ4v) is 2.09. The van der Waals surface area contributed by atoms with Crippen molar-refractivity contribution in [1.29, 1.82) is 0 Å². The van der Waals surface area contributed by atoms with Crippen molar-refractivity contribution in [2.75, 3.05) is 19.6 Å². The summed E-state index contributed by atoms with van der Waals surface area (Å²) < 4.78 is 18.6. The molecule has 5 nitrogen and oxygen atoms in total. The number of carbonyl (C=O) groups is 1. The molecule has 1 heterocycles. The van der Waals surface area contributed by atoms with Crippen LogP contribution in [0.5, 0.6) is 0 Å². The summed E-state index contributed by atoms with van der Waals surface area (Å²) in [5.74, 6) is -0.350. The van der Waals surface area contributed by atoms with E-state index in [4.69, 9.17) is 4.74 Å². The average molecular weight is 325 g/mol. The average Bonchev–Trinajstić information content (AvgIpc) is 2.44. The molecular formula is C17H28FN3O2. The molecule has 0 spiro atoms. The minimum absolute atomic E-state index is 0.0414. The van der Waals surface area contributed by atoms with Crippen molar-refractivity contribution in [3.8, 4) is 0 Å². The molecule has 0 radical (unpaired) electrons. The van der Waals surface area contributed by atoms with Crippen LogP contribution in [0, 0.1) is 5.82 Å². The summed E-state index contributed by atoms with van der Waals surface area (Å²) in [7, 11) is 0. The molecule has 1 aromatic rings. The van der Waals surface area contributed by atoms with Crippen LogP contribution in [0.3, 0.4) is 0 Å². The van der Waals surface area contributed by atoms with Gasteiger partial charge in [-0.15, -0.1) is 0 Å². The van der Waals surface area contributed by atoms with E-state index in [-0.39, 0.29) is 18.0 Å². The zero-order valence-corrected chi connectivity index (χ0v) is 14.7. The minimum Gasteiger partial charge on any atom is -0.444 e. The van der Waals surface area contributed by atoms with Crippen LogP contribution in [0.15, 0.2) is 18.5 Å². The molecule has 130 valence electrons. The highest BCUT2D eigenvalue weighted by atomic mass is 19.1. The highest BCUT2D eigenvalue weighted by Gasteiger charge is 2.21. The first-order chi connectivity index (χ1) is 10.7. The fraction of sp³-hybridized carbons (Fsp3) is 0.647. The number of hydrogen-bond acceptors (Lipinski definition) is 4. The molecule has 1 N–H and O–H groups in total. The second kappa shape index (κ2) is 8.82. The number of carbonyl (C=O) groups excluding carboxylic acids is 1. The van der Waals surface area contributed by atoms with Gasteiger partial charge in [0.25, 0.3) is 0 Å². The lowest BCUT2D eigenvalue weighted by atomic mass is 10.1. The maximum absolute atomic E-state index is 13.2. The lowest BCUT2D eigenvalue weighted by Gasteiger charge is -2.27. The van der Waals surface area contributed by atoms with Gasteiger partial charge < -0.3 is 15.0 Å². The number of nitrogens with zero attached hydrogens (tertiary/aromatic N) is 2. The third-order valence-electron chi connectivity index (χ3n) is 3.20. The van der Waals surface area contributed by atoms with Crippen molar-refractivity contribution < 1.29 is 13.9 Å². The van der Waals surface area contributed by atoms with Crippen molar-refractivity contribution in [1.82, 2.24) is 15.2 Å². The molecule has 0 saturated carbocycles. The number of rotatable bonds is 7. The van der Waals surface area contributed by atoms with Crippen LogP contribution in [0.2, 0.25) is 0 Å².